The third-order valence-electron chi connectivity index (χ3n) is 2.59. The lowest BCUT2D eigenvalue weighted by Crippen LogP contribution is -2.21. The fourth-order valence-electron chi connectivity index (χ4n) is 1.60. The molecule has 4 heteroatoms. The van der Waals surface area contributed by atoms with Crippen LogP contribution in [0.4, 0.5) is 0 Å². The Kier molecular flexibility index (Phi) is 10.4. The Hall–Kier alpha value is -1.06. The van der Waals surface area contributed by atoms with Crippen molar-refractivity contribution in [3.63, 3.8) is 0 Å². The zero-order chi connectivity index (χ0) is 13.8. The number of esters is 2. The molecule has 0 aromatic rings. The minimum Gasteiger partial charge on any atom is -0.462 e. The van der Waals surface area contributed by atoms with Gasteiger partial charge in [-0.05, 0) is 13.3 Å². The number of hydrogen-bond donors (Lipinski definition) is 0. The molecule has 0 fully saturated rings. The molecule has 0 rings (SSSR count). The van der Waals surface area contributed by atoms with Crippen LogP contribution in [-0.4, -0.2) is 24.6 Å². The molecule has 0 saturated carbocycles. The van der Waals surface area contributed by atoms with Crippen LogP contribution in [0.15, 0.2) is 0 Å². The van der Waals surface area contributed by atoms with E-state index < -0.39 is 0 Å². The first-order valence-corrected chi connectivity index (χ1v) is 6.89. The van der Waals surface area contributed by atoms with Crippen molar-refractivity contribution >= 4 is 11.9 Å². The van der Waals surface area contributed by atoms with Crippen LogP contribution in [0.1, 0.15) is 65.7 Å². The Morgan fingerprint density at radius 1 is 1.06 bits per heavy atom. The number of ether oxygens (including phenoxy) is 2. The maximum absolute atomic E-state index is 11.4. The van der Waals surface area contributed by atoms with Crippen LogP contribution in [0.3, 0.4) is 0 Å². The van der Waals surface area contributed by atoms with Crippen molar-refractivity contribution in [2.24, 2.45) is 0 Å². The van der Waals surface area contributed by atoms with Gasteiger partial charge in [-0.15, -0.1) is 0 Å². The molecule has 0 radical (unpaired) electrons. The third kappa shape index (κ3) is 11.4. The smallest absolute Gasteiger partial charge is 0.306 e. The molecule has 1 atom stereocenters. The van der Waals surface area contributed by atoms with E-state index in [2.05, 4.69) is 6.92 Å². The summed E-state index contributed by atoms with van der Waals surface area (Å²) in [6.07, 6.45) is 6.98. The van der Waals surface area contributed by atoms with E-state index in [0.717, 1.165) is 12.8 Å². The largest absolute Gasteiger partial charge is 0.462 e. The summed E-state index contributed by atoms with van der Waals surface area (Å²) >= 11 is 0. The van der Waals surface area contributed by atoms with E-state index in [1.54, 1.807) is 6.92 Å². The number of unbranched alkanes of at least 4 members (excludes halogenated alkanes) is 5. The summed E-state index contributed by atoms with van der Waals surface area (Å²) in [7, 11) is 0. The highest BCUT2D eigenvalue weighted by atomic mass is 16.6. The van der Waals surface area contributed by atoms with Crippen LogP contribution in [-0.2, 0) is 19.1 Å². The summed E-state index contributed by atoms with van der Waals surface area (Å²) in [6.45, 7) is 5.38. The minimum absolute atomic E-state index is 0.136. The zero-order valence-corrected chi connectivity index (χ0v) is 11.9. The van der Waals surface area contributed by atoms with Crippen molar-refractivity contribution in [3.8, 4) is 0 Å². The molecular weight excluding hydrogens is 232 g/mol. The van der Waals surface area contributed by atoms with E-state index in [-0.39, 0.29) is 24.6 Å². The summed E-state index contributed by atoms with van der Waals surface area (Å²) in [5, 5.41) is 0. The SMILES string of the molecule is CCCCCCCCC(=O)OC(C)COC(C)=O. The van der Waals surface area contributed by atoms with Gasteiger partial charge in [0.25, 0.3) is 0 Å². The molecule has 0 saturated heterocycles. The van der Waals surface area contributed by atoms with E-state index in [1.807, 2.05) is 0 Å². The summed E-state index contributed by atoms with van der Waals surface area (Å²) in [5.74, 6) is -0.557. The monoisotopic (exact) mass is 258 g/mol. The highest BCUT2D eigenvalue weighted by molar-refractivity contribution is 5.69. The Morgan fingerprint density at radius 2 is 1.67 bits per heavy atom. The van der Waals surface area contributed by atoms with Gasteiger partial charge in [-0.25, -0.2) is 0 Å². The van der Waals surface area contributed by atoms with Crippen molar-refractivity contribution in [1.82, 2.24) is 0 Å². The fraction of sp³-hybridized carbons (Fsp3) is 0.857. The quantitative estimate of drug-likeness (QED) is 0.446. The van der Waals surface area contributed by atoms with E-state index in [9.17, 15) is 9.59 Å². The number of carbonyl (C=O) groups excluding carboxylic acids is 2. The fourth-order valence-corrected chi connectivity index (χ4v) is 1.60. The number of hydrogen-bond acceptors (Lipinski definition) is 4. The van der Waals surface area contributed by atoms with Crippen LogP contribution in [0.25, 0.3) is 0 Å². The first-order chi connectivity index (χ1) is 8.56. The molecule has 0 aromatic heterocycles. The van der Waals surface area contributed by atoms with Gasteiger partial charge in [0.05, 0.1) is 0 Å². The van der Waals surface area contributed by atoms with Crippen molar-refractivity contribution in [1.29, 1.82) is 0 Å². The molecule has 18 heavy (non-hydrogen) atoms. The Balaban J connectivity index is 3.44. The molecule has 4 nitrogen and oxygen atoms in total. The molecular formula is C14H26O4. The van der Waals surface area contributed by atoms with Crippen molar-refractivity contribution < 1.29 is 19.1 Å². The molecule has 0 N–H and O–H groups in total. The first kappa shape index (κ1) is 16.9. The predicted octanol–water partition coefficient (Wildman–Crippen LogP) is 3.23. The highest BCUT2D eigenvalue weighted by Gasteiger charge is 2.10. The summed E-state index contributed by atoms with van der Waals surface area (Å²) in [4.78, 5) is 22.0. The van der Waals surface area contributed by atoms with Crippen molar-refractivity contribution in [3.05, 3.63) is 0 Å². The molecule has 0 bridgehead atoms. The Morgan fingerprint density at radius 3 is 2.28 bits per heavy atom. The topological polar surface area (TPSA) is 52.6 Å². The van der Waals surface area contributed by atoms with E-state index >= 15 is 0 Å². The van der Waals surface area contributed by atoms with Crippen molar-refractivity contribution in [2.75, 3.05) is 6.61 Å². The summed E-state index contributed by atoms with van der Waals surface area (Å²) in [5.41, 5.74) is 0. The number of rotatable bonds is 10. The Bertz CT molecular complexity index is 238. The average Bonchev–Trinajstić information content (AvgIpc) is 2.31. The normalized spacial score (nSPS) is 11.9. The summed E-state index contributed by atoms with van der Waals surface area (Å²) in [6, 6.07) is 0. The molecule has 1 unspecified atom stereocenters. The van der Waals surface area contributed by atoms with Crippen LogP contribution < -0.4 is 0 Å². The van der Waals surface area contributed by atoms with Gasteiger partial charge < -0.3 is 9.47 Å². The molecule has 0 aliphatic carbocycles. The highest BCUT2D eigenvalue weighted by Crippen LogP contribution is 2.08. The molecule has 0 aliphatic rings. The first-order valence-electron chi connectivity index (χ1n) is 6.89. The lowest BCUT2D eigenvalue weighted by Gasteiger charge is -2.12. The van der Waals surface area contributed by atoms with Crippen LogP contribution >= 0.6 is 0 Å². The maximum atomic E-state index is 11.4. The van der Waals surface area contributed by atoms with Gasteiger partial charge in [0, 0.05) is 13.3 Å². The Labute approximate surface area is 110 Å². The minimum atomic E-state index is -0.360. The summed E-state index contributed by atoms with van der Waals surface area (Å²) < 4.78 is 9.87. The van der Waals surface area contributed by atoms with Gasteiger partial charge in [-0.3, -0.25) is 9.59 Å². The molecule has 0 aromatic carbocycles. The maximum Gasteiger partial charge on any atom is 0.306 e. The molecule has 0 amide bonds. The van der Waals surface area contributed by atoms with E-state index in [0.29, 0.717) is 6.42 Å². The van der Waals surface area contributed by atoms with E-state index in [4.69, 9.17) is 9.47 Å². The molecule has 0 spiro atoms. The molecule has 106 valence electrons. The van der Waals surface area contributed by atoms with Crippen LogP contribution in [0, 0.1) is 0 Å². The van der Waals surface area contributed by atoms with E-state index in [1.165, 1.54) is 32.6 Å². The second-order valence-corrected chi connectivity index (χ2v) is 4.62. The third-order valence-corrected chi connectivity index (χ3v) is 2.59. The zero-order valence-electron chi connectivity index (χ0n) is 11.9. The number of carbonyl (C=O) groups is 2. The standard InChI is InChI=1S/C14H26O4/c1-4-5-6-7-8-9-10-14(16)18-12(2)11-17-13(3)15/h12H,4-11H2,1-3H3. The van der Waals surface area contributed by atoms with Crippen LogP contribution in [0.5, 0.6) is 0 Å². The van der Waals surface area contributed by atoms with Gasteiger partial charge in [0.2, 0.25) is 0 Å². The lowest BCUT2D eigenvalue weighted by molar-refractivity contribution is -0.157. The van der Waals surface area contributed by atoms with Crippen molar-refractivity contribution in [2.45, 2.75) is 71.8 Å². The molecule has 0 heterocycles. The second-order valence-electron chi connectivity index (χ2n) is 4.62. The van der Waals surface area contributed by atoms with Gasteiger partial charge in [-0.1, -0.05) is 39.0 Å². The second kappa shape index (κ2) is 11.1. The van der Waals surface area contributed by atoms with Crippen LogP contribution in [0.2, 0.25) is 0 Å². The van der Waals surface area contributed by atoms with Gasteiger partial charge >= 0.3 is 11.9 Å². The average molecular weight is 258 g/mol. The van der Waals surface area contributed by atoms with Gasteiger partial charge in [0.15, 0.2) is 0 Å². The predicted molar refractivity (Wildman–Crippen MR) is 70.2 cm³/mol. The molecule has 0 aliphatic heterocycles. The lowest BCUT2D eigenvalue weighted by atomic mass is 10.1. The van der Waals surface area contributed by atoms with Gasteiger partial charge in [-0.2, -0.15) is 0 Å². The van der Waals surface area contributed by atoms with Gasteiger partial charge in [0.1, 0.15) is 12.7 Å².